The Morgan fingerprint density at radius 3 is 2.80 bits per heavy atom. The number of hydrogen-bond donors (Lipinski definition) is 1. The van der Waals surface area contributed by atoms with Gasteiger partial charge in [-0.05, 0) is 0 Å². The van der Waals surface area contributed by atoms with Crippen LogP contribution in [0.2, 0.25) is 5.15 Å². The van der Waals surface area contributed by atoms with E-state index in [1.165, 1.54) is 6.33 Å². The zero-order valence-corrected chi connectivity index (χ0v) is 9.85. The van der Waals surface area contributed by atoms with Gasteiger partial charge in [-0.1, -0.05) is 18.5 Å². The van der Waals surface area contributed by atoms with Crippen molar-refractivity contribution < 1.29 is 8.42 Å². The predicted octanol–water partition coefficient (Wildman–Crippen LogP) is 0.977. The van der Waals surface area contributed by atoms with E-state index >= 15 is 0 Å². The molecule has 1 heterocycles. The van der Waals surface area contributed by atoms with Crippen LogP contribution in [0.15, 0.2) is 12.4 Å². The maximum Gasteiger partial charge on any atom is 0.151 e. The summed E-state index contributed by atoms with van der Waals surface area (Å²) < 4.78 is 22.3. The lowest BCUT2D eigenvalue weighted by molar-refractivity contribution is 0.597. The zero-order chi connectivity index (χ0) is 11.3. The van der Waals surface area contributed by atoms with Crippen LogP contribution in [0.25, 0.3) is 0 Å². The molecule has 5 nitrogen and oxygen atoms in total. The molecule has 0 spiro atoms. The molecule has 0 saturated carbocycles. The minimum atomic E-state index is -2.94. The first-order valence-electron chi connectivity index (χ1n) is 4.45. The standard InChI is InChI=1S/C8H12ClN3O2S/c1-2-15(13,14)4-3-10-8-5-7(9)11-6-12-8/h5-6H,2-4H2,1H3,(H,10,11,12). The van der Waals surface area contributed by atoms with Crippen LogP contribution in [0, 0.1) is 0 Å². The van der Waals surface area contributed by atoms with E-state index in [9.17, 15) is 8.42 Å². The van der Waals surface area contributed by atoms with E-state index in [1.807, 2.05) is 0 Å². The molecule has 1 N–H and O–H groups in total. The van der Waals surface area contributed by atoms with Gasteiger partial charge < -0.3 is 5.32 Å². The molecule has 1 aromatic rings. The number of aromatic nitrogens is 2. The van der Waals surface area contributed by atoms with Crippen LogP contribution in [0.3, 0.4) is 0 Å². The molecule has 0 atom stereocenters. The van der Waals surface area contributed by atoms with E-state index in [0.717, 1.165) is 0 Å². The van der Waals surface area contributed by atoms with Crippen molar-refractivity contribution in [3.8, 4) is 0 Å². The van der Waals surface area contributed by atoms with Crippen molar-refractivity contribution in [2.24, 2.45) is 0 Å². The predicted molar refractivity (Wildman–Crippen MR) is 59.9 cm³/mol. The van der Waals surface area contributed by atoms with Gasteiger partial charge in [-0.25, -0.2) is 18.4 Å². The summed E-state index contributed by atoms with van der Waals surface area (Å²) in [7, 11) is -2.94. The van der Waals surface area contributed by atoms with E-state index < -0.39 is 9.84 Å². The van der Waals surface area contributed by atoms with E-state index in [1.54, 1.807) is 13.0 Å². The summed E-state index contributed by atoms with van der Waals surface area (Å²) in [6.07, 6.45) is 1.32. The molecule has 0 aliphatic heterocycles. The Hall–Kier alpha value is -0.880. The van der Waals surface area contributed by atoms with Crippen LogP contribution in [-0.2, 0) is 9.84 Å². The largest absolute Gasteiger partial charge is 0.369 e. The molecule has 84 valence electrons. The van der Waals surface area contributed by atoms with E-state index in [4.69, 9.17) is 11.6 Å². The molecule has 0 amide bonds. The Balaban J connectivity index is 2.45. The molecule has 1 rings (SSSR count). The third-order valence-electron chi connectivity index (χ3n) is 1.79. The molecular weight excluding hydrogens is 238 g/mol. The number of nitrogens with zero attached hydrogens (tertiary/aromatic N) is 2. The fraction of sp³-hybridized carbons (Fsp3) is 0.500. The molecule has 0 radical (unpaired) electrons. The van der Waals surface area contributed by atoms with Gasteiger partial charge in [-0.3, -0.25) is 0 Å². The molecule has 15 heavy (non-hydrogen) atoms. The Bertz CT molecular complexity index is 422. The van der Waals surface area contributed by atoms with E-state index in [2.05, 4.69) is 15.3 Å². The lowest BCUT2D eigenvalue weighted by Crippen LogP contribution is -2.17. The average molecular weight is 250 g/mol. The third-order valence-corrected chi connectivity index (χ3v) is 3.71. The van der Waals surface area contributed by atoms with Crippen molar-refractivity contribution in [3.05, 3.63) is 17.5 Å². The topological polar surface area (TPSA) is 72.0 Å². The van der Waals surface area contributed by atoms with E-state index in [0.29, 0.717) is 17.5 Å². The molecular formula is C8H12ClN3O2S. The Kier molecular flexibility index (Phi) is 4.28. The second-order valence-electron chi connectivity index (χ2n) is 2.89. The lowest BCUT2D eigenvalue weighted by atomic mass is 10.5. The van der Waals surface area contributed by atoms with Crippen LogP contribution in [0.4, 0.5) is 5.82 Å². The monoisotopic (exact) mass is 249 g/mol. The van der Waals surface area contributed by atoms with Crippen molar-refractivity contribution >= 4 is 27.3 Å². The van der Waals surface area contributed by atoms with Crippen LogP contribution < -0.4 is 5.32 Å². The summed E-state index contributed by atoms with van der Waals surface area (Å²) in [5.41, 5.74) is 0. The smallest absolute Gasteiger partial charge is 0.151 e. The molecule has 0 aromatic carbocycles. The van der Waals surface area contributed by atoms with Gasteiger partial charge in [0, 0.05) is 18.4 Å². The van der Waals surface area contributed by atoms with Gasteiger partial charge in [0.15, 0.2) is 9.84 Å². The fourth-order valence-electron chi connectivity index (χ4n) is 0.909. The van der Waals surface area contributed by atoms with Gasteiger partial charge in [0.25, 0.3) is 0 Å². The number of halogens is 1. The highest BCUT2D eigenvalue weighted by atomic mass is 35.5. The highest BCUT2D eigenvalue weighted by Gasteiger charge is 2.06. The second-order valence-corrected chi connectivity index (χ2v) is 5.75. The molecule has 0 aliphatic rings. The van der Waals surface area contributed by atoms with Gasteiger partial charge in [0.2, 0.25) is 0 Å². The summed E-state index contributed by atoms with van der Waals surface area (Å²) in [6.45, 7) is 1.94. The summed E-state index contributed by atoms with van der Waals surface area (Å²) in [5.74, 6) is 0.769. The Morgan fingerprint density at radius 2 is 2.20 bits per heavy atom. The summed E-state index contributed by atoms with van der Waals surface area (Å²) in [5, 5.41) is 3.19. The second kappa shape index (κ2) is 5.27. The van der Waals surface area contributed by atoms with Crippen molar-refractivity contribution in [1.82, 2.24) is 9.97 Å². The minimum absolute atomic E-state index is 0.0884. The Morgan fingerprint density at radius 1 is 1.47 bits per heavy atom. The number of sulfone groups is 1. The summed E-state index contributed by atoms with van der Waals surface area (Å²) in [4.78, 5) is 7.59. The number of anilines is 1. The van der Waals surface area contributed by atoms with Crippen molar-refractivity contribution in [1.29, 1.82) is 0 Å². The molecule has 0 unspecified atom stereocenters. The summed E-state index contributed by atoms with van der Waals surface area (Å²) >= 11 is 5.63. The van der Waals surface area contributed by atoms with Gasteiger partial charge in [0.05, 0.1) is 5.75 Å². The van der Waals surface area contributed by atoms with Crippen LogP contribution in [-0.4, -0.2) is 36.4 Å². The van der Waals surface area contributed by atoms with Crippen LogP contribution >= 0.6 is 11.6 Å². The van der Waals surface area contributed by atoms with Crippen molar-refractivity contribution in [2.75, 3.05) is 23.4 Å². The quantitative estimate of drug-likeness (QED) is 0.788. The molecule has 7 heteroatoms. The first-order chi connectivity index (χ1) is 7.03. The highest BCUT2D eigenvalue weighted by Crippen LogP contribution is 2.07. The molecule has 1 aromatic heterocycles. The first kappa shape index (κ1) is 12.2. The third kappa shape index (κ3) is 4.44. The lowest BCUT2D eigenvalue weighted by Gasteiger charge is -2.04. The van der Waals surface area contributed by atoms with Gasteiger partial charge in [-0.2, -0.15) is 0 Å². The average Bonchev–Trinajstić information content (AvgIpc) is 2.18. The van der Waals surface area contributed by atoms with Gasteiger partial charge >= 0.3 is 0 Å². The normalized spacial score (nSPS) is 11.3. The zero-order valence-electron chi connectivity index (χ0n) is 8.27. The highest BCUT2D eigenvalue weighted by molar-refractivity contribution is 7.91. The van der Waals surface area contributed by atoms with Crippen LogP contribution in [0.1, 0.15) is 6.92 Å². The van der Waals surface area contributed by atoms with Crippen molar-refractivity contribution in [2.45, 2.75) is 6.92 Å². The maximum absolute atomic E-state index is 11.2. The van der Waals surface area contributed by atoms with Gasteiger partial charge in [-0.15, -0.1) is 0 Å². The van der Waals surface area contributed by atoms with Gasteiger partial charge in [0.1, 0.15) is 17.3 Å². The molecule has 0 saturated heterocycles. The fourth-order valence-corrected chi connectivity index (χ4v) is 1.76. The number of hydrogen-bond acceptors (Lipinski definition) is 5. The summed E-state index contributed by atoms with van der Waals surface area (Å²) in [6, 6.07) is 1.54. The maximum atomic E-state index is 11.2. The molecule has 0 aliphatic carbocycles. The first-order valence-corrected chi connectivity index (χ1v) is 6.65. The number of rotatable bonds is 5. The van der Waals surface area contributed by atoms with Crippen LogP contribution in [0.5, 0.6) is 0 Å². The minimum Gasteiger partial charge on any atom is -0.369 e. The van der Waals surface area contributed by atoms with E-state index in [-0.39, 0.29) is 11.5 Å². The number of nitrogens with one attached hydrogen (secondary N) is 1. The Labute approximate surface area is 93.8 Å². The SMILES string of the molecule is CCS(=O)(=O)CCNc1cc(Cl)ncn1. The molecule has 0 bridgehead atoms. The van der Waals surface area contributed by atoms with Crippen molar-refractivity contribution in [3.63, 3.8) is 0 Å². The molecule has 0 fully saturated rings.